The van der Waals surface area contributed by atoms with Gasteiger partial charge in [0.1, 0.15) is 0 Å². The molecule has 5 heterocycles. The highest BCUT2D eigenvalue weighted by Gasteiger charge is 2.37. The molecule has 7 nitrogen and oxygen atoms in total. The molecular formula is C26H22ClN5O2. The third kappa shape index (κ3) is 3.78. The van der Waals surface area contributed by atoms with E-state index in [1.165, 1.54) is 6.39 Å². The maximum atomic E-state index is 13.7. The lowest BCUT2D eigenvalue weighted by Gasteiger charge is -2.31. The van der Waals surface area contributed by atoms with Gasteiger partial charge in [-0.15, -0.1) is 0 Å². The molecule has 1 fully saturated rings. The summed E-state index contributed by atoms with van der Waals surface area (Å²) in [5.41, 5.74) is 4.22. The Morgan fingerprint density at radius 2 is 1.85 bits per heavy atom. The Balaban J connectivity index is 1.37. The Morgan fingerprint density at radius 3 is 2.65 bits per heavy atom. The fourth-order valence-corrected chi connectivity index (χ4v) is 4.96. The van der Waals surface area contributed by atoms with Crippen molar-refractivity contribution in [1.29, 1.82) is 0 Å². The molecule has 4 aromatic rings. The highest BCUT2D eigenvalue weighted by molar-refractivity contribution is 6.30. The van der Waals surface area contributed by atoms with Crippen molar-refractivity contribution in [3.05, 3.63) is 78.3 Å². The summed E-state index contributed by atoms with van der Waals surface area (Å²) in [5.74, 6) is 1.33. The topological polar surface area (TPSA) is 74.5 Å². The Hall–Kier alpha value is -3.84. The van der Waals surface area contributed by atoms with Gasteiger partial charge in [-0.3, -0.25) is 4.90 Å². The summed E-state index contributed by atoms with van der Waals surface area (Å²) in [7, 11) is 0. The van der Waals surface area contributed by atoms with Gasteiger partial charge in [0.2, 0.25) is 0 Å². The van der Waals surface area contributed by atoms with E-state index in [9.17, 15) is 4.79 Å². The normalized spacial score (nSPS) is 15.2. The molecule has 3 aliphatic heterocycles. The lowest BCUT2D eigenvalue weighted by atomic mass is 10.1. The first-order valence-electron chi connectivity index (χ1n) is 11.3. The number of anilines is 3. The lowest BCUT2D eigenvalue weighted by molar-refractivity contribution is 0.253. The Bertz CT molecular complexity index is 1350. The number of fused-ring (bicyclic) bond motifs is 2. The largest absolute Gasteiger partial charge is 0.444 e. The molecular weight excluding hydrogens is 450 g/mol. The zero-order valence-electron chi connectivity index (χ0n) is 18.3. The van der Waals surface area contributed by atoms with Crippen LogP contribution in [0.15, 0.2) is 77.7 Å². The molecule has 0 atom stereocenters. The minimum absolute atomic E-state index is 0.0806. The molecule has 0 aliphatic carbocycles. The first kappa shape index (κ1) is 20.7. The number of aromatic nitrogens is 2. The highest BCUT2D eigenvalue weighted by atomic mass is 35.5. The number of benzene rings is 2. The van der Waals surface area contributed by atoms with Gasteiger partial charge in [0.15, 0.2) is 18.0 Å². The predicted octanol–water partition coefficient (Wildman–Crippen LogP) is 6.08. The van der Waals surface area contributed by atoms with Crippen LogP contribution in [0.25, 0.3) is 22.6 Å². The summed E-state index contributed by atoms with van der Waals surface area (Å²) in [4.78, 5) is 26.8. The van der Waals surface area contributed by atoms with Gasteiger partial charge in [-0.25, -0.2) is 14.8 Å². The van der Waals surface area contributed by atoms with Crippen LogP contribution in [-0.2, 0) is 0 Å². The molecule has 2 bridgehead atoms. The molecule has 8 heteroatoms. The van der Waals surface area contributed by atoms with Crippen molar-refractivity contribution < 1.29 is 9.21 Å². The molecule has 7 rings (SSSR count). The molecule has 1 saturated heterocycles. The number of nitrogens with zero attached hydrogens (tertiary/aromatic N) is 4. The van der Waals surface area contributed by atoms with Crippen LogP contribution in [0.3, 0.4) is 0 Å². The third-order valence-corrected chi connectivity index (χ3v) is 6.66. The minimum Gasteiger partial charge on any atom is -0.444 e. The van der Waals surface area contributed by atoms with Crippen LogP contribution in [0.1, 0.15) is 12.8 Å². The van der Waals surface area contributed by atoms with Crippen LogP contribution in [0.2, 0.25) is 5.02 Å². The molecule has 0 spiro atoms. The number of oxazole rings is 1. The SMILES string of the molecule is O=C(Nc1cccc(-c2cnco2)c1)N1c2nc(-c3cccc(Cl)c3)ccc2N2CCC1CC2. The quantitative estimate of drug-likeness (QED) is 0.392. The first-order valence-corrected chi connectivity index (χ1v) is 11.6. The summed E-state index contributed by atoms with van der Waals surface area (Å²) < 4.78 is 5.40. The summed E-state index contributed by atoms with van der Waals surface area (Å²) in [6, 6.07) is 19.1. The standard InChI is InChI=1S/C26H22ClN5O2/c27-19-5-1-3-17(13-19)22-7-8-23-25(30-22)32(21-9-11-31(23)12-10-21)26(33)29-20-6-2-4-18(14-20)24-15-28-16-34-24/h1-8,13-16,21H,9-12H2,(H,29,33). The molecule has 34 heavy (non-hydrogen) atoms. The molecule has 3 aliphatic rings. The van der Waals surface area contributed by atoms with E-state index in [1.807, 2.05) is 59.5 Å². The van der Waals surface area contributed by atoms with Crippen LogP contribution in [-0.4, -0.2) is 35.1 Å². The molecule has 0 saturated carbocycles. The second kappa shape index (κ2) is 8.50. The number of rotatable bonds is 3. The van der Waals surface area contributed by atoms with Gasteiger partial charge in [0.25, 0.3) is 0 Å². The molecule has 2 aromatic carbocycles. The summed E-state index contributed by atoms with van der Waals surface area (Å²) >= 11 is 6.22. The van der Waals surface area contributed by atoms with Crippen molar-refractivity contribution in [2.75, 3.05) is 28.2 Å². The third-order valence-electron chi connectivity index (χ3n) is 6.42. The molecule has 2 aromatic heterocycles. The van der Waals surface area contributed by atoms with Crippen molar-refractivity contribution in [3.63, 3.8) is 0 Å². The molecule has 1 N–H and O–H groups in total. The smallest absolute Gasteiger partial charge is 0.327 e. The van der Waals surface area contributed by atoms with Gasteiger partial charge < -0.3 is 14.6 Å². The van der Waals surface area contributed by atoms with Crippen LogP contribution >= 0.6 is 11.6 Å². The van der Waals surface area contributed by atoms with E-state index in [0.29, 0.717) is 22.3 Å². The van der Waals surface area contributed by atoms with Gasteiger partial charge >= 0.3 is 6.03 Å². The fourth-order valence-electron chi connectivity index (χ4n) is 4.77. The monoisotopic (exact) mass is 471 g/mol. The van der Waals surface area contributed by atoms with Crippen LogP contribution in [0.4, 0.5) is 22.0 Å². The highest BCUT2D eigenvalue weighted by Crippen LogP contribution is 2.39. The maximum absolute atomic E-state index is 13.7. The molecule has 170 valence electrons. The van der Waals surface area contributed by atoms with E-state index in [2.05, 4.69) is 21.3 Å². The number of hydrogen-bond donors (Lipinski definition) is 1. The number of urea groups is 1. The number of hydrogen-bond acceptors (Lipinski definition) is 5. The van der Waals surface area contributed by atoms with E-state index in [4.69, 9.17) is 21.0 Å². The zero-order chi connectivity index (χ0) is 23.1. The van der Waals surface area contributed by atoms with Gasteiger partial charge in [-0.2, -0.15) is 0 Å². The Kier molecular flexibility index (Phi) is 5.19. The van der Waals surface area contributed by atoms with E-state index in [1.54, 1.807) is 6.20 Å². The number of halogens is 1. The first-order chi connectivity index (χ1) is 16.7. The van der Waals surface area contributed by atoms with Crippen LogP contribution in [0.5, 0.6) is 0 Å². The van der Waals surface area contributed by atoms with Crippen molar-refractivity contribution >= 4 is 34.8 Å². The van der Waals surface area contributed by atoms with Crippen molar-refractivity contribution in [1.82, 2.24) is 9.97 Å². The molecule has 0 radical (unpaired) electrons. The lowest BCUT2D eigenvalue weighted by Crippen LogP contribution is -2.46. The number of amides is 2. The van der Waals surface area contributed by atoms with Crippen LogP contribution < -0.4 is 15.1 Å². The maximum Gasteiger partial charge on any atom is 0.327 e. The van der Waals surface area contributed by atoms with E-state index < -0.39 is 0 Å². The average Bonchev–Trinajstić information content (AvgIpc) is 3.30. The van der Waals surface area contributed by atoms with Gasteiger partial charge in [-0.1, -0.05) is 35.9 Å². The summed E-state index contributed by atoms with van der Waals surface area (Å²) in [5, 5.41) is 3.73. The molecule has 0 unspecified atom stereocenters. The zero-order valence-corrected chi connectivity index (χ0v) is 19.1. The fraction of sp³-hybridized carbons (Fsp3) is 0.192. The number of carbonyl (C=O) groups is 1. The summed E-state index contributed by atoms with van der Waals surface area (Å²) in [6.07, 6.45) is 4.84. The van der Waals surface area contributed by atoms with E-state index in [0.717, 1.165) is 48.4 Å². The second-order valence-corrected chi connectivity index (χ2v) is 8.95. The number of carbonyl (C=O) groups excluding carboxylic acids is 1. The minimum atomic E-state index is -0.194. The second-order valence-electron chi connectivity index (χ2n) is 8.51. The van der Waals surface area contributed by atoms with E-state index >= 15 is 0 Å². The van der Waals surface area contributed by atoms with Crippen LogP contribution in [0, 0.1) is 0 Å². The van der Waals surface area contributed by atoms with Gasteiger partial charge in [0, 0.05) is 41.0 Å². The van der Waals surface area contributed by atoms with Gasteiger partial charge in [0.05, 0.1) is 17.6 Å². The average molecular weight is 472 g/mol. The number of nitrogens with one attached hydrogen (secondary N) is 1. The number of piperidine rings is 1. The van der Waals surface area contributed by atoms with Gasteiger partial charge in [-0.05, 0) is 49.2 Å². The summed E-state index contributed by atoms with van der Waals surface area (Å²) in [6.45, 7) is 1.81. The number of pyridine rings is 1. The molecule has 2 amide bonds. The Morgan fingerprint density at radius 1 is 1.03 bits per heavy atom. The predicted molar refractivity (Wildman–Crippen MR) is 133 cm³/mol. The van der Waals surface area contributed by atoms with Crippen molar-refractivity contribution in [2.45, 2.75) is 18.9 Å². The van der Waals surface area contributed by atoms with Crippen molar-refractivity contribution in [3.8, 4) is 22.6 Å². The Labute approximate surface area is 202 Å². The van der Waals surface area contributed by atoms with Crippen molar-refractivity contribution in [2.24, 2.45) is 0 Å². The van der Waals surface area contributed by atoms with E-state index in [-0.39, 0.29) is 12.1 Å².